The number of carbonyl (C=O) groups is 2. The molecule has 1 saturated carbocycles. The zero-order valence-corrected chi connectivity index (χ0v) is 30.1. The quantitative estimate of drug-likeness (QED) is 0.210. The molecule has 9 nitrogen and oxygen atoms in total. The fourth-order valence-corrected chi connectivity index (χ4v) is 7.41. The lowest BCUT2D eigenvalue weighted by molar-refractivity contribution is -0.332. The Morgan fingerprint density at radius 3 is 1.88 bits per heavy atom. The van der Waals surface area contributed by atoms with Crippen molar-refractivity contribution in [1.82, 2.24) is 5.32 Å². The normalized spacial score (nSPS) is 25.8. The Labute approximate surface area is 285 Å². The highest BCUT2D eigenvalue weighted by Crippen LogP contribution is 2.46. The van der Waals surface area contributed by atoms with Crippen LogP contribution >= 0.6 is 0 Å². The molecule has 3 aromatic rings. The lowest BCUT2D eigenvalue weighted by Crippen LogP contribution is -2.80. The molecule has 48 heavy (non-hydrogen) atoms. The fourth-order valence-electron chi connectivity index (χ4n) is 6.16. The lowest BCUT2D eigenvalue weighted by Gasteiger charge is -2.58. The molecule has 0 unspecified atom stereocenters. The number of ketones is 1. The minimum absolute atomic E-state index is 0.0764. The molecule has 0 aromatic heterocycles. The van der Waals surface area contributed by atoms with Crippen LogP contribution in [0, 0.1) is 0 Å². The standard InChI is InChI=1S/C38H49NO8Si/c1-26(40)39-38-22-31(41)32(47-48(6,7)37(2,3)4)33(34(38)43-23-27-14-10-8-11-15-27)46-36(35(38)44-24-28-16-12-9-13-17-28)45-25-29-18-20-30(42-5)21-19-29/h8-21,32-36H,22-25H2,1-7H3,(H,39,40)/t32-,33-,34-,35-,36+,38-/m1/s1. The third kappa shape index (κ3) is 8.07. The molecule has 1 amide bonds. The summed E-state index contributed by atoms with van der Waals surface area (Å²) in [5.74, 6) is 0.251. The van der Waals surface area contributed by atoms with Crippen LogP contribution in [0.3, 0.4) is 0 Å². The van der Waals surface area contributed by atoms with Crippen LogP contribution in [0.4, 0.5) is 0 Å². The van der Waals surface area contributed by atoms with Gasteiger partial charge in [0.05, 0.1) is 26.9 Å². The number of carbonyl (C=O) groups excluding carboxylic acids is 2. The van der Waals surface area contributed by atoms with Crippen molar-refractivity contribution in [2.45, 2.75) is 108 Å². The second kappa shape index (κ2) is 15.0. The van der Waals surface area contributed by atoms with E-state index in [-0.39, 0.29) is 43.0 Å². The van der Waals surface area contributed by atoms with Crippen molar-refractivity contribution >= 4 is 20.0 Å². The van der Waals surface area contributed by atoms with Gasteiger partial charge in [0.15, 0.2) is 20.4 Å². The highest BCUT2D eigenvalue weighted by molar-refractivity contribution is 6.74. The van der Waals surface area contributed by atoms with Crippen LogP contribution in [0.5, 0.6) is 5.75 Å². The monoisotopic (exact) mass is 675 g/mol. The molecule has 1 saturated heterocycles. The Bertz CT molecular complexity index is 1510. The van der Waals surface area contributed by atoms with E-state index in [1.807, 2.05) is 84.9 Å². The van der Waals surface area contributed by atoms with Crippen LogP contribution in [0.15, 0.2) is 84.9 Å². The smallest absolute Gasteiger partial charge is 0.217 e. The third-order valence-corrected chi connectivity index (χ3v) is 14.1. The van der Waals surface area contributed by atoms with Crippen LogP contribution in [0.2, 0.25) is 18.1 Å². The first kappa shape index (κ1) is 35.9. The molecule has 2 aliphatic rings. The van der Waals surface area contributed by atoms with Gasteiger partial charge < -0.3 is 33.4 Å². The number of nitrogens with one attached hydrogen (secondary N) is 1. The zero-order valence-electron chi connectivity index (χ0n) is 29.1. The number of fused-ring (bicyclic) bond motifs is 2. The van der Waals surface area contributed by atoms with Gasteiger partial charge in [0, 0.05) is 13.3 Å². The maximum absolute atomic E-state index is 14.3. The number of methoxy groups -OCH3 is 1. The summed E-state index contributed by atoms with van der Waals surface area (Å²) >= 11 is 0. The summed E-state index contributed by atoms with van der Waals surface area (Å²) in [5.41, 5.74) is 1.45. The van der Waals surface area contributed by atoms with Gasteiger partial charge in [-0.15, -0.1) is 0 Å². The molecular formula is C38H49NO8Si. The highest BCUT2D eigenvalue weighted by Gasteiger charge is 2.66. The van der Waals surface area contributed by atoms with Crippen molar-refractivity contribution in [3.05, 3.63) is 102 Å². The van der Waals surface area contributed by atoms with E-state index in [0.29, 0.717) is 0 Å². The topological polar surface area (TPSA) is 102 Å². The Hall–Kier alpha value is -3.38. The first-order valence-corrected chi connectivity index (χ1v) is 19.4. The van der Waals surface area contributed by atoms with Gasteiger partial charge in [-0.2, -0.15) is 0 Å². The van der Waals surface area contributed by atoms with Gasteiger partial charge in [-0.25, -0.2) is 0 Å². The molecule has 1 heterocycles. The van der Waals surface area contributed by atoms with Crippen LogP contribution in [0.1, 0.15) is 50.8 Å². The molecule has 0 spiro atoms. The van der Waals surface area contributed by atoms with Gasteiger partial charge >= 0.3 is 0 Å². The van der Waals surface area contributed by atoms with Gasteiger partial charge in [-0.3, -0.25) is 9.59 Å². The average Bonchev–Trinajstić information content (AvgIpc) is 3.05. The van der Waals surface area contributed by atoms with Gasteiger partial charge in [0.2, 0.25) is 5.91 Å². The van der Waals surface area contributed by atoms with E-state index < -0.39 is 44.6 Å². The first-order valence-electron chi connectivity index (χ1n) is 16.5. The number of benzene rings is 3. The van der Waals surface area contributed by atoms with Crippen molar-refractivity contribution in [3.8, 4) is 5.75 Å². The molecule has 2 fully saturated rings. The predicted octanol–water partition coefficient (Wildman–Crippen LogP) is 6.35. The summed E-state index contributed by atoms with van der Waals surface area (Å²) in [6, 6.07) is 27.1. The Morgan fingerprint density at radius 2 is 1.35 bits per heavy atom. The minimum Gasteiger partial charge on any atom is -0.497 e. The molecule has 1 aliphatic carbocycles. The summed E-state index contributed by atoms with van der Waals surface area (Å²) in [5, 5.41) is 2.99. The highest BCUT2D eigenvalue weighted by atomic mass is 28.4. The molecule has 2 bridgehead atoms. The second-order valence-electron chi connectivity index (χ2n) is 14.2. The van der Waals surface area contributed by atoms with Gasteiger partial charge in [-0.1, -0.05) is 93.6 Å². The Balaban J connectivity index is 1.57. The molecule has 258 valence electrons. The average molecular weight is 676 g/mol. The number of hydrogen-bond donors (Lipinski definition) is 1. The summed E-state index contributed by atoms with van der Waals surface area (Å²) < 4.78 is 38.9. The number of hydrogen-bond acceptors (Lipinski definition) is 8. The van der Waals surface area contributed by atoms with Crippen molar-refractivity contribution in [2.24, 2.45) is 0 Å². The van der Waals surface area contributed by atoms with E-state index in [4.69, 9.17) is 28.1 Å². The predicted molar refractivity (Wildman–Crippen MR) is 185 cm³/mol. The third-order valence-electron chi connectivity index (χ3n) is 9.69. The molecular weight excluding hydrogens is 627 g/mol. The first-order chi connectivity index (χ1) is 22.8. The molecule has 5 rings (SSSR count). The van der Waals surface area contributed by atoms with Crippen molar-refractivity contribution in [1.29, 1.82) is 0 Å². The van der Waals surface area contributed by atoms with Crippen LogP contribution in [0.25, 0.3) is 0 Å². The van der Waals surface area contributed by atoms with E-state index in [1.54, 1.807) is 7.11 Å². The molecule has 6 atom stereocenters. The van der Waals surface area contributed by atoms with Gasteiger partial charge in [-0.05, 0) is 47.0 Å². The largest absolute Gasteiger partial charge is 0.497 e. The maximum Gasteiger partial charge on any atom is 0.217 e. The van der Waals surface area contributed by atoms with Crippen molar-refractivity contribution in [2.75, 3.05) is 7.11 Å². The van der Waals surface area contributed by atoms with Gasteiger partial charge in [0.1, 0.15) is 35.7 Å². The molecule has 0 radical (unpaired) electrons. The SMILES string of the molecule is COc1ccc(CO[C@H]2O[C@@H]3[C@H](O[Si](C)(C)C(C)(C)C)C(=O)C[C@](NC(C)=O)([C@@H]2OCc2ccccc2)[C@@H]3OCc2ccccc2)cc1. The van der Waals surface area contributed by atoms with E-state index in [9.17, 15) is 9.59 Å². The summed E-state index contributed by atoms with van der Waals surface area (Å²) in [4.78, 5) is 27.4. The number of ether oxygens (including phenoxy) is 5. The molecule has 10 heteroatoms. The van der Waals surface area contributed by atoms with Crippen LogP contribution in [-0.4, -0.2) is 63.4 Å². The summed E-state index contributed by atoms with van der Waals surface area (Å²) in [7, 11) is -0.848. The number of rotatable bonds is 13. The Morgan fingerprint density at radius 1 is 0.833 bits per heavy atom. The second-order valence-corrected chi connectivity index (χ2v) is 19.0. The maximum atomic E-state index is 14.3. The zero-order chi connectivity index (χ0) is 34.5. The van der Waals surface area contributed by atoms with E-state index in [1.165, 1.54) is 6.92 Å². The van der Waals surface area contributed by atoms with Crippen molar-refractivity contribution < 1.29 is 37.7 Å². The van der Waals surface area contributed by atoms with E-state index in [0.717, 1.165) is 22.4 Å². The van der Waals surface area contributed by atoms with Gasteiger partial charge in [0.25, 0.3) is 0 Å². The molecule has 3 aromatic carbocycles. The van der Waals surface area contributed by atoms with Crippen LogP contribution < -0.4 is 10.1 Å². The molecule has 1 N–H and O–H groups in total. The van der Waals surface area contributed by atoms with E-state index in [2.05, 4.69) is 39.2 Å². The van der Waals surface area contributed by atoms with Crippen LogP contribution in [-0.2, 0) is 52.8 Å². The summed E-state index contributed by atoms with van der Waals surface area (Å²) in [6.45, 7) is 12.7. The number of Topliss-reactive ketones (excluding diaryl/α,β-unsaturated/α-hetero) is 1. The summed E-state index contributed by atoms with van der Waals surface area (Å²) in [6.07, 6.45) is -4.55. The Kier molecular flexibility index (Phi) is 11.2. The lowest BCUT2D eigenvalue weighted by atomic mass is 9.69. The number of amides is 1. The fraction of sp³-hybridized carbons (Fsp3) is 0.474. The minimum atomic E-state index is -2.47. The molecule has 1 aliphatic heterocycles. The van der Waals surface area contributed by atoms with Crippen molar-refractivity contribution in [3.63, 3.8) is 0 Å². The van der Waals surface area contributed by atoms with E-state index >= 15 is 0 Å².